The van der Waals surface area contributed by atoms with Crippen LogP contribution in [-0.2, 0) is 6.54 Å². The highest BCUT2D eigenvalue weighted by atomic mass is 16.3. The first-order valence-electron chi connectivity index (χ1n) is 8.62. The molecule has 27 heavy (non-hydrogen) atoms. The van der Waals surface area contributed by atoms with Gasteiger partial charge in [0.2, 0.25) is 5.88 Å². The normalized spacial score (nSPS) is 11.4. The van der Waals surface area contributed by atoms with Crippen LogP contribution >= 0.6 is 0 Å². The lowest BCUT2D eigenvalue weighted by Gasteiger charge is -2.12. The van der Waals surface area contributed by atoms with E-state index in [0.29, 0.717) is 6.42 Å². The molecule has 2 rings (SSSR count). The van der Waals surface area contributed by atoms with E-state index in [4.69, 9.17) is 0 Å². The molecule has 0 aliphatic rings. The average molecular weight is 374 g/mol. The number of nitrogens with zero attached hydrogens (tertiary/aromatic N) is 2. The Bertz CT molecular complexity index is 974. The second-order valence-electron chi connectivity index (χ2n) is 5.83. The molecule has 9 nitrogen and oxygen atoms in total. The fraction of sp³-hybridized carbons (Fsp3) is 0.333. The molecule has 0 bridgehead atoms. The summed E-state index contributed by atoms with van der Waals surface area (Å²) in [6, 6.07) is 5.93. The number of H-pyrrole nitrogens is 1. The van der Waals surface area contributed by atoms with E-state index in [-0.39, 0.29) is 35.6 Å². The molecule has 0 saturated heterocycles. The van der Waals surface area contributed by atoms with Gasteiger partial charge in [0.15, 0.2) is 0 Å². The topological polar surface area (TPSA) is 137 Å². The zero-order chi connectivity index (χ0) is 20.0. The van der Waals surface area contributed by atoms with Gasteiger partial charge in [-0.15, -0.1) is 0 Å². The summed E-state index contributed by atoms with van der Waals surface area (Å²) in [5.41, 5.74) is 0.705. The van der Waals surface area contributed by atoms with Crippen LogP contribution in [-0.4, -0.2) is 31.4 Å². The number of benzene rings is 1. The van der Waals surface area contributed by atoms with Crippen molar-refractivity contribution in [2.45, 2.75) is 39.7 Å². The number of phenolic OH excluding ortho intramolecular Hbond substituents is 1. The van der Waals surface area contributed by atoms with Crippen LogP contribution in [0.15, 0.2) is 39.0 Å². The van der Waals surface area contributed by atoms with E-state index in [1.807, 2.05) is 6.92 Å². The highest BCUT2D eigenvalue weighted by molar-refractivity contribution is 6.03. The third-order valence-corrected chi connectivity index (χ3v) is 3.97. The first-order valence-corrected chi connectivity index (χ1v) is 8.62. The predicted molar refractivity (Wildman–Crippen MR) is 100 cm³/mol. The van der Waals surface area contributed by atoms with Crippen LogP contribution in [0.1, 0.15) is 49.0 Å². The molecule has 0 atom stereocenters. The maximum absolute atomic E-state index is 12.2. The predicted octanol–water partition coefficient (Wildman–Crippen LogP) is 1.29. The van der Waals surface area contributed by atoms with E-state index in [2.05, 4.69) is 15.5 Å². The number of phenols is 1. The molecular formula is C18H22N4O5. The molecule has 1 heterocycles. The van der Waals surface area contributed by atoms with Gasteiger partial charge < -0.3 is 10.2 Å². The SMILES string of the molecule is CCCCn1c(O)c(/C(CC)=N/NC(=O)c2ccccc2O)c(=O)[nH]c1=O. The standard InChI is InChI=1S/C18H22N4O5/c1-3-5-10-22-17(26)14(16(25)19-18(22)27)12(4-2)20-21-15(24)11-8-6-7-9-13(11)23/h6-9,23,26H,3-5,10H2,1-2H3,(H,21,24)(H,19,25,27)/b20-12+. The van der Waals surface area contributed by atoms with Gasteiger partial charge in [-0.25, -0.2) is 10.2 Å². The molecule has 0 radical (unpaired) electrons. The Labute approximate surface area is 155 Å². The summed E-state index contributed by atoms with van der Waals surface area (Å²) in [6.07, 6.45) is 1.65. The summed E-state index contributed by atoms with van der Waals surface area (Å²) >= 11 is 0. The largest absolute Gasteiger partial charge is 0.507 e. The van der Waals surface area contributed by atoms with Crippen molar-refractivity contribution in [2.24, 2.45) is 5.10 Å². The molecule has 1 aromatic carbocycles. The maximum atomic E-state index is 12.2. The van der Waals surface area contributed by atoms with Crippen molar-refractivity contribution in [2.75, 3.05) is 0 Å². The van der Waals surface area contributed by atoms with Crippen LogP contribution in [0.2, 0.25) is 0 Å². The molecular weight excluding hydrogens is 352 g/mol. The first-order chi connectivity index (χ1) is 12.9. The van der Waals surface area contributed by atoms with Gasteiger partial charge in [-0.3, -0.25) is 19.1 Å². The summed E-state index contributed by atoms with van der Waals surface area (Å²) in [5.74, 6) is -1.37. The van der Waals surface area contributed by atoms with Gasteiger partial charge in [-0.05, 0) is 25.0 Å². The Morgan fingerprint density at radius 3 is 2.56 bits per heavy atom. The smallest absolute Gasteiger partial charge is 0.331 e. The second kappa shape index (κ2) is 8.84. The van der Waals surface area contributed by atoms with Crippen molar-refractivity contribution in [1.29, 1.82) is 0 Å². The van der Waals surface area contributed by atoms with Gasteiger partial charge in [0.1, 0.15) is 11.3 Å². The number of nitrogens with one attached hydrogen (secondary N) is 2. The summed E-state index contributed by atoms with van der Waals surface area (Å²) in [5, 5.41) is 24.0. The van der Waals surface area contributed by atoms with E-state index in [1.54, 1.807) is 19.1 Å². The number of carbonyl (C=O) groups excluding carboxylic acids is 1. The average Bonchev–Trinajstić information content (AvgIpc) is 2.64. The quantitative estimate of drug-likeness (QED) is 0.427. The Morgan fingerprint density at radius 1 is 1.22 bits per heavy atom. The summed E-state index contributed by atoms with van der Waals surface area (Å²) < 4.78 is 1.07. The lowest BCUT2D eigenvalue weighted by atomic mass is 10.1. The first kappa shape index (κ1) is 20.0. The number of aromatic nitrogens is 2. The van der Waals surface area contributed by atoms with Crippen molar-refractivity contribution in [3.05, 3.63) is 56.2 Å². The molecule has 1 amide bonds. The molecule has 0 unspecified atom stereocenters. The van der Waals surface area contributed by atoms with Gasteiger partial charge in [0, 0.05) is 6.54 Å². The molecule has 0 saturated carbocycles. The van der Waals surface area contributed by atoms with Crippen LogP contribution in [0.5, 0.6) is 11.6 Å². The third-order valence-electron chi connectivity index (χ3n) is 3.97. The van der Waals surface area contributed by atoms with Crippen LogP contribution in [0, 0.1) is 0 Å². The molecule has 1 aromatic heterocycles. The Balaban J connectivity index is 2.41. The Hall–Kier alpha value is -3.36. The fourth-order valence-corrected chi connectivity index (χ4v) is 2.50. The minimum atomic E-state index is -0.789. The number of rotatable bonds is 7. The third kappa shape index (κ3) is 4.43. The van der Waals surface area contributed by atoms with Crippen LogP contribution in [0.4, 0.5) is 0 Å². The fourth-order valence-electron chi connectivity index (χ4n) is 2.50. The summed E-state index contributed by atoms with van der Waals surface area (Å²) in [6.45, 7) is 3.86. The molecule has 9 heteroatoms. The van der Waals surface area contributed by atoms with Crippen molar-refractivity contribution < 1.29 is 15.0 Å². The van der Waals surface area contributed by atoms with Gasteiger partial charge in [-0.1, -0.05) is 32.4 Å². The molecule has 4 N–H and O–H groups in total. The second-order valence-corrected chi connectivity index (χ2v) is 5.83. The number of unbranched alkanes of at least 4 members (excludes halogenated alkanes) is 1. The van der Waals surface area contributed by atoms with Gasteiger partial charge >= 0.3 is 5.69 Å². The van der Waals surface area contributed by atoms with Gasteiger partial charge in [0.25, 0.3) is 11.5 Å². The zero-order valence-electron chi connectivity index (χ0n) is 15.2. The summed E-state index contributed by atoms with van der Waals surface area (Å²) in [7, 11) is 0. The molecule has 144 valence electrons. The van der Waals surface area contributed by atoms with Crippen molar-refractivity contribution >= 4 is 11.6 Å². The van der Waals surface area contributed by atoms with E-state index in [1.165, 1.54) is 12.1 Å². The van der Waals surface area contributed by atoms with Crippen molar-refractivity contribution in [3.63, 3.8) is 0 Å². The van der Waals surface area contributed by atoms with Crippen molar-refractivity contribution in [3.8, 4) is 11.6 Å². The lowest BCUT2D eigenvalue weighted by molar-refractivity contribution is 0.0952. The number of hydrazone groups is 1. The van der Waals surface area contributed by atoms with Gasteiger partial charge in [-0.2, -0.15) is 5.10 Å². The van der Waals surface area contributed by atoms with Gasteiger partial charge in [0.05, 0.1) is 11.3 Å². The number of hydrogen-bond acceptors (Lipinski definition) is 6. The zero-order valence-corrected chi connectivity index (χ0v) is 15.2. The molecule has 0 aliphatic carbocycles. The number of aromatic hydroxyl groups is 2. The molecule has 2 aromatic rings. The minimum Gasteiger partial charge on any atom is -0.507 e. The molecule has 0 spiro atoms. The minimum absolute atomic E-state index is 0.0164. The number of carbonyl (C=O) groups is 1. The highest BCUT2D eigenvalue weighted by Gasteiger charge is 2.19. The molecule has 0 fully saturated rings. The van der Waals surface area contributed by atoms with Crippen LogP contribution < -0.4 is 16.7 Å². The lowest BCUT2D eigenvalue weighted by Crippen LogP contribution is -2.34. The Kier molecular flexibility index (Phi) is 6.53. The van der Waals surface area contributed by atoms with Crippen LogP contribution in [0.25, 0.3) is 0 Å². The number of hydrogen-bond donors (Lipinski definition) is 4. The number of aromatic amines is 1. The van der Waals surface area contributed by atoms with E-state index in [9.17, 15) is 24.6 Å². The number of amides is 1. The van der Waals surface area contributed by atoms with E-state index in [0.717, 1.165) is 11.0 Å². The van der Waals surface area contributed by atoms with Crippen LogP contribution in [0.3, 0.4) is 0 Å². The summed E-state index contributed by atoms with van der Waals surface area (Å²) in [4.78, 5) is 38.4. The molecule has 0 aliphatic heterocycles. The number of para-hydroxylation sites is 1. The van der Waals surface area contributed by atoms with Crippen molar-refractivity contribution in [1.82, 2.24) is 15.0 Å². The van der Waals surface area contributed by atoms with E-state index < -0.39 is 23.0 Å². The maximum Gasteiger partial charge on any atom is 0.331 e. The Morgan fingerprint density at radius 2 is 1.93 bits per heavy atom. The van der Waals surface area contributed by atoms with E-state index >= 15 is 0 Å². The monoisotopic (exact) mass is 374 g/mol. The highest BCUT2D eigenvalue weighted by Crippen LogP contribution is 2.16.